The first-order valence-corrected chi connectivity index (χ1v) is 8.06. The standard InChI is InChI=1S/C19H20N2O4/c1-25-14-6-4-5-13(11-14)21-16-8-3-2-7-15(16)17(22)20-12-19(9-10-19)18(23)24/h2-8,11,21H,9-10,12H2,1H3,(H,20,22)(H,23,24). The molecule has 0 aliphatic heterocycles. The first-order chi connectivity index (χ1) is 12.0. The molecule has 0 heterocycles. The van der Waals surface area contributed by atoms with Gasteiger partial charge in [0, 0.05) is 18.3 Å². The number of carbonyl (C=O) groups excluding carboxylic acids is 1. The van der Waals surface area contributed by atoms with Gasteiger partial charge < -0.3 is 20.5 Å². The third kappa shape index (κ3) is 3.74. The molecule has 1 saturated carbocycles. The summed E-state index contributed by atoms with van der Waals surface area (Å²) in [6.07, 6.45) is 1.21. The van der Waals surface area contributed by atoms with Crippen molar-refractivity contribution in [2.75, 3.05) is 19.0 Å². The smallest absolute Gasteiger partial charge is 0.311 e. The molecule has 0 aromatic heterocycles. The average molecular weight is 340 g/mol. The van der Waals surface area contributed by atoms with Gasteiger partial charge >= 0.3 is 5.97 Å². The van der Waals surface area contributed by atoms with Gasteiger partial charge in [0.05, 0.1) is 23.8 Å². The highest BCUT2D eigenvalue weighted by Crippen LogP contribution is 2.45. The Balaban J connectivity index is 1.74. The van der Waals surface area contributed by atoms with Crippen LogP contribution in [0.2, 0.25) is 0 Å². The van der Waals surface area contributed by atoms with Crippen molar-refractivity contribution in [3.63, 3.8) is 0 Å². The van der Waals surface area contributed by atoms with E-state index in [1.807, 2.05) is 30.3 Å². The van der Waals surface area contributed by atoms with Crippen molar-refractivity contribution in [2.24, 2.45) is 5.41 Å². The summed E-state index contributed by atoms with van der Waals surface area (Å²) >= 11 is 0. The Labute approximate surface area is 145 Å². The minimum absolute atomic E-state index is 0.147. The van der Waals surface area contributed by atoms with Crippen molar-refractivity contribution in [1.29, 1.82) is 0 Å². The minimum Gasteiger partial charge on any atom is -0.497 e. The quantitative estimate of drug-likeness (QED) is 0.721. The summed E-state index contributed by atoms with van der Waals surface area (Å²) in [6, 6.07) is 14.5. The van der Waals surface area contributed by atoms with Gasteiger partial charge in [-0.3, -0.25) is 9.59 Å². The molecule has 1 amide bonds. The molecule has 1 aliphatic rings. The number of benzene rings is 2. The summed E-state index contributed by atoms with van der Waals surface area (Å²) in [5, 5.41) is 15.2. The lowest BCUT2D eigenvalue weighted by Crippen LogP contribution is -2.34. The zero-order valence-corrected chi connectivity index (χ0v) is 13.9. The molecule has 0 spiro atoms. The van der Waals surface area contributed by atoms with Gasteiger partial charge in [-0.2, -0.15) is 0 Å². The second-order valence-corrected chi connectivity index (χ2v) is 6.17. The number of carbonyl (C=O) groups is 2. The molecule has 2 aromatic carbocycles. The van der Waals surface area contributed by atoms with E-state index in [1.54, 1.807) is 25.3 Å². The highest BCUT2D eigenvalue weighted by Gasteiger charge is 2.50. The van der Waals surface area contributed by atoms with E-state index in [-0.39, 0.29) is 12.5 Å². The number of amides is 1. The molecule has 0 atom stereocenters. The number of methoxy groups -OCH3 is 1. The highest BCUT2D eigenvalue weighted by atomic mass is 16.5. The maximum atomic E-state index is 12.5. The fourth-order valence-corrected chi connectivity index (χ4v) is 2.61. The Bertz CT molecular complexity index is 800. The fourth-order valence-electron chi connectivity index (χ4n) is 2.61. The monoisotopic (exact) mass is 340 g/mol. The summed E-state index contributed by atoms with van der Waals surface area (Å²) in [4.78, 5) is 23.7. The van der Waals surface area contributed by atoms with Crippen LogP contribution < -0.4 is 15.4 Å². The van der Waals surface area contributed by atoms with Crippen LogP contribution in [-0.4, -0.2) is 30.6 Å². The Hall–Kier alpha value is -3.02. The summed E-state index contributed by atoms with van der Waals surface area (Å²) in [7, 11) is 1.59. The Morgan fingerprint density at radius 3 is 2.60 bits per heavy atom. The number of anilines is 2. The lowest BCUT2D eigenvalue weighted by Gasteiger charge is -2.15. The van der Waals surface area contributed by atoms with Gasteiger partial charge in [0.2, 0.25) is 0 Å². The number of carboxylic acid groups (broad SMARTS) is 1. The molecule has 130 valence electrons. The number of carboxylic acids is 1. The number of para-hydroxylation sites is 1. The predicted molar refractivity (Wildman–Crippen MR) is 94.4 cm³/mol. The van der Waals surface area contributed by atoms with Crippen molar-refractivity contribution in [2.45, 2.75) is 12.8 Å². The van der Waals surface area contributed by atoms with E-state index >= 15 is 0 Å². The van der Waals surface area contributed by atoms with E-state index < -0.39 is 11.4 Å². The first kappa shape index (κ1) is 16.8. The van der Waals surface area contributed by atoms with Crippen LogP contribution >= 0.6 is 0 Å². The van der Waals surface area contributed by atoms with Crippen molar-refractivity contribution >= 4 is 23.3 Å². The first-order valence-electron chi connectivity index (χ1n) is 8.06. The molecule has 3 N–H and O–H groups in total. The molecule has 0 saturated heterocycles. The zero-order valence-electron chi connectivity index (χ0n) is 13.9. The molecule has 0 unspecified atom stereocenters. The van der Waals surface area contributed by atoms with E-state index in [1.165, 1.54) is 0 Å². The van der Waals surface area contributed by atoms with Gasteiger partial charge in [0.25, 0.3) is 5.91 Å². The summed E-state index contributed by atoms with van der Waals surface area (Å²) < 4.78 is 5.20. The number of hydrogen-bond donors (Lipinski definition) is 3. The van der Waals surface area contributed by atoms with Crippen molar-refractivity contribution in [1.82, 2.24) is 5.32 Å². The van der Waals surface area contributed by atoms with E-state index in [0.29, 0.717) is 29.8 Å². The molecule has 0 radical (unpaired) electrons. The summed E-state index contributed by atoms with van der Waals surface area (Å²) in [6.45, 7) is 0.147. The molecule has 2 aromatic rings. The summed E-state index contributed by atoms with van der Waals surface area (Å²) in [5.74, 6) is -0.432. The lowest BCUT2D eigenvalue weighted by atomic mass is 10.1. The van der Waals surface area contributed by atoms with Gasteiger partial charge in [-0.05, 0) is 37.1 Å². The lowest BCUT2D eigenvalue weighted by molar-refractivity contribution is -0.143. The van der Waals surface area contributed by atoms with Crippen molar-refractivity contribution in [3.05, 3.63) is 54.1 Å². The van der Waals surface area contributed by atoms with E-state index in [0.717, 1.165) is 5.69 Å². The third-order valence-corrected chi connectivity index (χ3v) is 4.41. The van der Waals surface area contributed by atoms with Crippen LogP contribution in [0, 0.1) is 5.41 Å². The molecule has 25 heavy (non-hydrogen) atoms. The minimum atomic E-state index is -0.851. The number of ether oxygens (including phenoxy) is 1. The maximum absolute atomic E-state index is 12.5. The van der Waals surface area contributed by atoms with Crippen LogP contribution in [0.1, 0.15) is 23.2 Å². The normalized spacial score (nSPS) is 14.4. The second-order valence-electron chi connectivity index (χ2n) is 6.17. The molecule has 3 rings (SSSR count). The number of hydrogen-bond acceptors (Lipinski definition) is 4. The zero-order chi connectivity index (χ0) is 17.9. The molecular formula is C19H20N2O4. The van der Waals surface area contributed by atoms with Crippen LogP contribution in [0.25, 0.3) is 0 Å². The van der Waals surface area contributed by atoms with Gasteiger partial charge in [0.1, 0.15) is 5.75 Å². The van der Waals surface area contributed by atoms with Crippen LogP contribution in [0.5, 0.6) is 5.75 Å². The summed E-state index contributed by atoms with van der Waals surface area (Å²) in [5.41, 5.74) is 1.12. The Morgan fingerprint density at radius 1 is 1.16 bits per heavy atom. The Kier molecular flexibility index (Phi) is 4.61. The third-order valence-electron chi connectivity index (χ3n) is 4.41. The van der Waals surface area contributed by atoms with Gasteiger partial charge in [0.15, 0.2) is 0 Å². The Morgan fingerprint density at radius 2 is 1.92 bits per heavy atom. The maximum Gasteiger partial charge on any atom is 0.311 e. The van der Waals surface area contributed by atoms with Crippen LogP contribution in [-0.2, 0) is 4.79 Å². The molecule has 6 nitrogen and oxygen atoms in total. The van der Waals surface area contributed by atoms with Gasteiger partial charge in [-0.15, -0.1) is 0 Å². The van der Waals surface area contributed by atoms with Gasteiger partial charge in [-0.25, -0.2) is 0 Å². The number of nitrogens with one attached hydrogen (secondary N) is 2. The SMILES string of the molecule is COc1cccc(Nc2ccccc2C(=O)NCC2(C(=O)O)CC2)c1. The van der Waals surface area contributed by atoms with Crippen LogP contribution in [0.15, 0.2) is 48.5 Å². The van der Waals surface area contributed by atoms with Crippen LogP contribution in [0.4, 0.5) is 11.4 Å². The molecule has 6 heteroatoms. The van der Waals surface area contributed by atoms with E-state index in [4.69, 9.17) is 4.74 Å². The highest BCUT2D eigenvalue weighted by molar-refractivity contribution is 6.00. The van der Waals surface area contributed by atoms with Gasteiger partial charge in [-0.1, -0.05) is 18.2 Å². The molecular weight excluding hydrogens is 320 g/mol. The fraction of sp³-hybridized carbons (Fsp3) is 0.263. The van der Waals surface area contributed by atoms with Crippen LogP contribution in [0.3, 0.4) is 0 Å². The van der Waals surface area contributed by atoms with Crippen molar-refractivity contribution < 1.29 is 19.4 Å². The van der Waals surface area contributed by atoms with Crippen molar-refractivity contribution in [3.8, 4) is 5.75 Å². The topological polar surface area (TPSA) is 87.7 Å². The molecule has 1 fully saturated rings. The van der Waals surface area contributed by atoms with E-state index in [2.05, 4.69) is 10.6 Å². The number of aliphatic carboxylic acids is 1. The number of rotatable bonds is 7. The second kappa shape index (κ2) is 6.84. The predicted octanol–water partition coefficient (Wildman–Crippen LogP) is 3.03. The largest absolute Gasteiger partial charge is 0.497 e. The average Bonchev–Trinajstić information content (AvgIpc) is 3.42. The molecule has 0 bridgehead atoms. The molecule has 1 aliphatic carbocycles. The van der Waals surface area contributed by atoms with E-state index in [9.17, 15) is 14.7 Å².